The van der Waals surface area contributed by atoms with Gasteiger partial charge in [-0.05, 0) is 68.5 Å². The van der Waals surface area contributed by atoms with Gasteiger partial charge in [-0.3, -0.25) is 0 Å². The fraction of sp³-hybridized carbons (Fsp3) is 0.412. The molecular formula is C17H21NO2. The molecule has 1 heterocycles. The van der Waals surface area contributed by atoms with Crippen molar-refractivity contribution >= 4 is 0 Å². The fourth-order valence-corrected chi connectivity index (χ4v) is 3.04. The Balaban J connectivity index is 1.79. The Bertz CT molecular complexity index is 603. The molecule has 106 valence electrons. The molecule has 0 aliphatic heterocycles. The third kappa shape index (κ3) is 2.59. The van der Waals surface area contributed by atoms with E-state index in [4.69, 9.17) is 4.42 Å². The number of aryl methyl sites for hydroxylation is 2. The van der Waals surface area contributed by atoms with E-state index in [-0.39, 0.29) is 6.04 Å². The van der Waals surface area contributed by atoms with Gasteiger partial charge in [0.25, 0.3) is 0 Å². The number of nitrogens with one attached hydrogen (secondary N) is 1. The highest BCUT2D eigenvalue weighted by molar-refractivity contribution is 5.38. The van der Waals surface area contributed by atoms with Crippen LogP contribution in [0.15, 0.2) is 34.7 Å². The molecule has 0 fully saturated rings. The highest BCUT2D eigenvalue weighted by Crippen LogP contribution is 2.33. The number of rotatable bonds is 3. The number of aromatic hydroxyl groups is 1. The highest BCUT2D eigenvalue weighted by Gasteiger charge is 2.23. The molecule has 0 saturated carbocycles. The molecule has 1 aliphatic carbocycles. The molecule has 0 saturated heterocycles. The van der Waals surface area contributed by atoms with Gasteiger partial charge in [-0.1, -0.05) is 6.07 Å². The number of phenols is 1. The molecule has 0 amide bonds. The first-order valence-electron chi connectivity index (χ1n) is 7.27. The summed E-state index contributed by atoms with van der Waals surface area (Å²) >= 11 is 0. The molecule has 2 aromatic rings. The Labute approximate surface area is 119 Å². The molecule has 1 aromatic heterocycles. The summed E-state index contributed by atoms with van der Waals surface area (Å²) in [5.41, 5.74) is 2.57. The monoisotopic (exact) mass is 271 g/mol. The van der Waals surface area contributed by atoms with Crippen molar-refractivity contribution in [2.45, 2.75) is 45.2 Å². The molecule has 2 atom stereocenters. The summed E-state index contributed by atoms with van der Waals surface area (Å²) in [6.45, 7) is 4.10. The molecule has 0 spiro atoms. The van der Waals surface area contributed by atoms with E-state index < -0.39 is 0 Å². The van der Waals surface area contributed by atoms with Gasteiger partial charge in [0.15, 0.2) is 0 Å². The van der Waals surface area contributed by atoms with Crippen LogP contribution in [0.4, 0.5) is 0 Å². The van der Waals surface area contributed by atoms with Crippen LogP contribution >= 0.6 is 0 Å². The van der Waals surface area contributed by atoms with E-state index in [0.717, 1.165) is 30.8 Å². The van der Waals surface area contributed by atoms with Gasteiger partial charge in [-0.25, -0.2) is 0 Å². The molecule has 3 heteroatoms. The number of hydrogen-bond acceptors (Lipinski definition) is 3. The van der Waals surface area contributed by atoms with Crippen molar-refractivity contribution in [3.05, 3.63) is 53.0 Å². The Hall–Kier alpha value is -1.74. The third-order valence-corrected chi connectivity index (χ3v) is 4.08. The molecule has 3 rings (SSSR count). The van der Waals surface area contributed by atoms with E-state index in [1.165, 1.54) is 11.1 Å². The van der Waals surface area contributed by atoms with Crippen molar-refractivity contribution < 1.29 is 9.52 Å². The van der Waals surface area contributed by atoms with Gasteiger partial charge in [-0.15, -0.1) is 0 Å². The second kappa shape index (κ2) is 5.33. The van der Waals surface area contributed by atoms with Crippen molar-refractivity contribution in [1.82, 2.24) is 5.32 Å². The van der Waals surface area contributed by atoms with Gasteiger partial charge >= 0.3 is 0 Å². The smallest absolute Gasteiger partial charge is 0.120 e. The summed E-state index contributed by atoms with van der Waals surface area (Å²) < 4.78 is 5.69. The van der Waals surface area contributed by atoms with E-state index >= 15 is 0 Å². The predicted octanol–water partition coefficient (Wildman–Crippen LogP) is 4.02. The van der Waals surface area contributed by atoms with Crippen LogP contribution in [0.1, 0.15) is 54.5 Å². The van der Waals surface area contributed by atoms with E-state index in [9.17, 15) is 5.11 Å². The van der Waals surface area contributed by atoms with Crippen LogP contribution < -0.4 is 5.32 Å². The maximum absolute atomic E-state index is 9.60. The molecule has 2 unspecified atom stereocenters. The maximum atomic E-state index is 9.60. The number of benzene rings is 1. The molecule has 3 nitrogen and oxygen atoms in total. The Kier molecular flexibility index (Phi) is 3.53. The predicted molar refractivity (Wildman–Crippen MR) is 78.8 cm³/mol. The van der Waals surface area contributed by atoms with Gasteiger partial charge in [0.05, 0.1) is 6.04 Å². The van der Waals surface area contributed by atoms with Crippen LogP contribution in [-0.4, -0.2) is 5.11 Å². The zero-order valence-corrected chi connectivity index (χ0v) is 12.0. The lowest BCUT2D eigenvalue weighted by molar-refractivity contribution is 0.361. The topological polar surface area (TPSA) is 45.4 Å². The molecule has 1 aliphatic rings. The molecule has 0 bridgehead atoms. The average molecular weight is 271 g/mol. The van der Waals surface area contributed by atoms with Gasteiger partial charge in [-0.2, -0.15) is 0 Å². The zero-order valence-electron chi connectivity index (χ0n) is 12.0. The molecule has 0 radical (unpaired) electrons. The summed E-state index contributed by atoms with van der Waals surface area (Å²) in [6.07, 6.45) is 3.33. The summed E-state index contributed by atoms with van der Waals surface area (Å²) in [4.78, 5) is 0. The van der Waals surface area contributed by atoms with Crippen LogP contribution in [0.25, 0.3) is 0 Å². The van der Waals surface area contributed by atoms with Gasteiger partial charge < -0.3 is 14.8 Å². The van der Waals surface area contributed by atoms with Crippen molar-refractivity contribution in [2.75, 3.05) is 0 Å². The first-order valence-corrected chi connectivity index (χ1v) is 7.27. The summed E-state index contributed by atoms with van der Waals surface area (Å²) in [7, 11) is 0. The quantitative estimate of drug-likeness (QED) is 0.886. The number of hydrogen-bond donors (Lipinski definition) is 2. The Morgan fingerprint density at radius 2 is 2.15 bits per heavy atom. The minimum atomic E-state index is 0.188. The zero-order chi connectivity index (χ0) is 14.1. The summed E-state index contributed by atoms with van der Waals surface area (Å²) in [5, 5.41) is 13.3. The highest BCUT2D eigenvalue weighted by atomic mass is 16.3. The van der Waals surface area contributed by atoms with Gasteiger partial charge in [0, 0.05) is 6.04 Å². The van der Waals surface area contributed by atoms with Crippen LogP contribution in [0, 0.1) is 6.92 Å². The van der Waals surface area contributed by atoms with Crippen molar-refractivity contribution in [2.24, 2.45) is 0 Å². The second-order valence-electron chi connectivity index (χ2n) is 5.66. The normalized spacial score (nSPS) is 19.6. The Morgan fingerprint density at radius 3 is 2.90 bits per heavy atom. The third-order valence-electron chi connectivity index (χ3n) is 4.08. The van der Waals surface area contributed by atoms with Crippen molar-refractivity contribution in [1.29, 1.82) is 0 Å². The Morgan fingerprint density at radius 1 is 1.30 bits per heavy atom. The second-order valence-corrected chi connectivity index (χ2v) is 5.66. The first kappa shape index (κ1) is 13.3. The molecule has 1 aromatic carbocycles. The van der Waals surface area contributed by atoms with Gasteiger partial charge in [0.1, 0.15) is 17.3 Å². The van der Waals surface area contributed by atoms with Crippen molar-refractivity contribution in [3.8, 4) is 5.75 Å². The molecular weight excluding hydrogens is 250 g/mol. The molecule has 20 heavy (non-hydrogen) atoms. The average Bonchev–Trinajstić information content (AvgIpc) is 2.85. The summed E-state index contributed by atoms with van der Waals surface area (Å²) in [6, 6.07) is 10.3. The fourth-order valence-electron chi connectivity index (χ4n) is 3.04. The first-order chi connectivity index (χ1) is 9.63. The van der Waals surface area contributed by atoms with E-state index in [1.807, 2.05) is 31.2 Å². The minimum Gasteiger partial charge on any atom is -0.508 e. The largest absolute Gasteiger partial charge is 0.508 e. The van der Waals surface area contributed by atoms with E-state index in [0.29, 0.717) is 11.8 Å². The number of phenolic OH excluding ortho intramolecular Hbond substituents is 1. The minimum absolute atomic E-state index is 0.188. The van der Waals surface area contributed by atoms with Crippen LogP contribution in [-0.2, 0) is 6.42 Å². The molecule has 2 N–H and O–H groups in total. The number of fused-ring (bicyclic) bond motifs is 1. The van der Waals surface area contributed by atoms with E-state index in [2.05, 4.69) is 12.2 Å². The summed E-state index contributed by atoms with van der Waals surface area (Å²) in [5.74, 6) is 2.29. The number of furan rings is 1. The lowest BCUT2D eigenvalue weighted by Crippen LogP contribution is -2.27. The lowest BCUT2D eigenvalue weighted by Gasteiger charge is -2.28. The van der Waals surface area contributed by atoms with Crippen LogP contribution in [0.2, 0.25) is 0 Å². The van der Waals surface area contributed by atoms with E-state index in [1.54, 1.807) is 6.07 Å². The van der Waals surface area contributed by atoms with Crippen LogP contribution in [0.3, 0.4) is 0 Å². The standard InChI is InChI=1S/C17H21NO2/c1-11-6-9-17(20-11)12(2)18-16-5-3-4-13-10-14(19)7-8-15(13)16/h6-10,12,16,18-19H,3-5H2,1-2H3. The maximum Gasteiger partial charge on any atom is 0.120 e. The van der Waals surface area contributed by atoms with Crippen molar-refractivity contribution in [3.63, 3.8) is 0 Å². The SMILES string of the molecule is Cc1ccc(C(C)NC2CCCc3cc(O)ccc32)o1. The lowest BCUT2D eigenvalue weighted by atomic mass is 9.87. The van der Waals surface area contributed by atoms with Crippen LogP contribution in [0.5, 0.6) is 5.75 Å². The van der Waals surface area contributed by atoms with Gasteiger partial charge in [0.2, 0.25) is 0 Å².